The van der Waals surface area contributed by atoms with Crippen LogP contribution in [0.2, 0.25) is 0 Å². The Kier molecular flexibility index (Phi) is 11.1. The van der Waals surface area contributed by atoms with E-state index >= 15 is 0 Å². The van der Waals surface area contributed by atoms with Gasteiger partial charge in [0.25, 0.3) is 0 Å². The van der Waals surface area contributed by atoms with E-state index in [-0.39, 0.29) is 0 Å². The Bertz CT molecular complexity index is 579. The van der Waals surface area contributed by atoms with Gasteiger partial charge < -0.3 is 37.5 Å². The minimum Gasteiger partial charge on any atom is -0.497 e. The summed E-state index contributed by atoms with van der Waals surface area (Å²) in [5.41, 5.74) is 16.2. The normalized spacial score (nSPS) is 12.1. The van der Waals surface area contributed by atoms with Crippen LogP contribution < -0.4 is 27.3 Å². The largest absolute Gasteiger partial charge is 0.497 e. The first-order chi connectivity index (χ1) is 12.2. The summed E-state index contributed by atoms with van der Waals surface area (Å²) in [5, 5.41) is 19.3. The van der Waals surface area contributed by atoms with Crippen LogP contribution in [0.3, 0.4) is 0 Å². The van der Waals surface area contributed by atoms with Gasteiger partial charge >= 0.3 is 18.0 Å². The van der Waals surface area contributed by atoms with E-state index in [0.29, 0.717) is 25.8 Å². The third-order valence-electron chi connectivity index (χ3n) is 3.24. The molecule has 0 aromatic heterocycles. The molecule has 2 atom stereocenters. The van der Waals surface area contributed by atoms with Crippen LogP contribution in [0.5, 0.6) is 5.75 Å². The van der Waals surface area contributed by atoms with Crippen molar-refractivity contribution in [3.63, 3.8) is 0 Å². The number of amides is 2. The number of carboxylic acid groups (broad SMARTS) is 2. The standard InChI is InChI=1S/C10H13NO3.C6H13N3O3/c1-14-8-4-2-7(3-5-8)6-9(11)10(12)13;7-4(5(10)11)2-1-3-9-6(8)12/h2-5,9H,6,11H2,1H3,(H,12,13);4H,1-3,7H2,(H,10,11)(H3,8,9,12). The summed E-state index contributed by atoms with van der Waals surface area (Å²) < 4.78 is 4.97. The molecule has 2 amide bonds. The molecule has 0 radical (unpaired) electrons. The van der Waals surface area contributed by atoms with Gasteiger partial charge in [-0.3, -0.25) is 9.59 Å². The Morgan fingerprint density at radius 2 is 1.62 bits per heavy atom. The predicted molar refractivity (Wildman–Crippen MR) is 94.7 cm³/mol. The molecular weight excluding hydrogens is 344 g/mol. The van der Waals surface area contributed by atoms with Gasteiger partial charge in [-0.05, 0) is 37.0 Å². The molecule has 10 heteroatoms. The van der Waals surface area contributed by atoms with E-state index in [2.05, 4.69) is 5.32 Å². The summed E-state index contributed by atoms with van der Waals surface area (Å²) >= 11 is 0. The lowest BCUT2D eigenvalue weighted by molar-refractivity contribution is -0.139. The summed E-state index contributed by atoms with van der Waals surface area (Å²) in [6.45, 7) is 0.357. The van der Waals surface area contributed by atoms with Crippen LogP contribution in [-0.2, 0) is 16.0 Å². The van der Waals surface area contributed by atoms with Crippen molar-refractivity contribution in [3.8, 4) is 5.75 Å². The molecule has 0 spiro atoms. The number of urea groups is 1. The van der Waals surface area contributed by atoms with Crippen LogP contribution in [0.15, 0.2) is 24.3 Å². The number of methoxy groups -OCH3 is 1. The lowest BCUT2D eigenvalue weighted by Gasteiger charge is -2.06. The molecule has 0 aliphatic rings. The predicted octanol–water partition coefficient (Wildman–Crippen LogP) is -0.504. The first-order valence-corrected chi connectivity index (χ1v) is 7.80. The highest BCUT2D eigenvalue weighted by molar-refractivity contribution is 5.73. The van der Waals surface area contributed by atoms with Crippen molar-refractivity contribution >= 4 is 18.0 Å². The number of hydrogen-bond acceptors (Lipinski definition) is 6. The molecule has 0 saturated heterocycles. The van der Waals surface area contributed by atoms with Crippen LogP contribution in [0.1, 0.15) is 18.4 Å². The van der Waals surface area contributed by atoms with Crippen LogP contribution in [0, 0.1) is 0 Å². The van der Waals surface area contributed by atoms with Crippen LogP contribution in [-0.4, -0.2) is 53.9 Å². The van der Waals surface area contributed by atoms with Crippen molar-refractivity contribution < 1.29 is 29.3 Å². The van der Waals surface area contributed by atoms with Gasteiger partial charge in [0, 0.05) is 6.54 Å². The molecule has 2 unspecified atom stereocenters. The summed E-state index contributed by atoms with van der Waals surface area (Å²) in [6, 6.07) is 4.86. The molecule has 0 fully saturated rings. The molecule has 0 heterocycles. The van der Waals surface area contributed by atoms with E-state index in [1.54, 1.807) is 19.2 Å². The Balaban J connectivity index is 0.000000488. The average molecular weight is 370 g/mol. The van der Waals surface area contributed by atoms with E-state index in [0.717, 1.165) is 11.3 Å². The molecule has 26 heavy (non-hydrogen) atoms. The molecular formula is C16H26N4O6. The first kappa shape index (κ1) is 23.1. The van der Waals surface area contributed by atoms with Gasteiger partial charge in [-0.1, -0.05) is 12.1 Å². The van der Waals surface area contributed by atoms with Gasteiger partial charge in [-0.15, -0.1) is 0 Å². The van der Waals surface area contributed by atoms with Crippen molar-refractivity contribution in [1.29, 1.82) is 0 Å². The highest BCUT2D eigenvalue weighted by atomic mass is 16.5. The Hall–Kier alpha value is -2.85. The minimum atomic E-state index is -1.03. The number of carboxylic acids is 2. The van der Waals surface area contributed by atoms with E-state index in [9.17, 15) is 14.4 Å². The Morgan fingerprint density at radius 1 is 1.08 bits per heavy atom. The number of nitrogens with one attached hydrogen (secondary N) is 1. The quantitative estimate of drug-likeness (QED) is 0.313. The van der Waals surface area contributed by atoms with Gasteiger partial charge in [0.1, 0.15) is 17.8 Å². The molecule has 1 aromatic rings. The van der Waals surface area contributed by atoms with Crippen molar-refractivity contribution in [2.45, 2.75) is 31.3 Å². The zero-order chi connectivity index (χ0) is 20.1. The van der Waals surface area contributed by atoms with Crippen LogP contribution in [0.25, 0.3) is 0 Å². The number of hydrogen-bond donors (Lipinski definition) is 6. The molecule has 0 bridgehead atoms. The third kappa shape index (κ3) is 10.8. The van der Waals surface area contributed by atoms with Crippen molar-refractivity contribution in [3.05, 3.63) is 29.8 Å². The fraction of sp³-hybridized carbons (Fsp3) is 0.438. The summed E-state index contributed by atoms with van der Waals surface area (Å²) in [5.74, 6) is -1.27. The zero-order valence-electron chi connectivity index (χ0n) is 14.6. The topological polar surface area (TPSA) is 191 Å². The summed E-state index contributed by atoms with van der Waals surface area (Å²) in [7, 11) is 1.58. The number of carbonyl (C=O) groups is 3. The van der Waals surface area contributed by atoms with E-state index in [1.807, 2.05) is 12.1 Å². The molecule has 10 nitrogen and oxygen atoms in total. The van der Waals surface area contributed by atoms with Crippen molar-refractivity contribution in [2.75, 3.05) is 13.7 Å². The van der Waals surface area contributed by atoms with Gasteiger partial charge in [0.15, 0.2) is 0 Å². The Labute approximate surface area is 151 Å². The lowest BCUT2D eigenvalue weighted by atomic mass is 10.1. The molecule has 1 aromatic carbocycles. The molecule has 1 rings (SSSR count). The van der Waals surface area contributed by atoms with E-state index < -0.39 is 30.1 Å². The lowest BCUT2D eigenvalue weighted by Crippen LogP contribution is -2.33. The van der Waals surface area contributed by atoms with Crippen molar-refractivity contribution in [2.24, 2.45) is 17.2 Å². The highest BCUT2D eigenvalue weighted by Gasteiger charge is 2.11. The smallest absolute Gasteiger partial charge is 0.320 e. The fourth-order valence-electron chi connectivity index (χ4n) is 1.76. The number of nitrogens with two attached hydrogens (primary N) is 3. The van der Waals surface area contributed by atoms with Gasteiger partial charge in [0.05, 0.1) is 7.11 Å². The second kappa shape index (κ2) is 12.5. The molecule has 146 valence electrons. The molecule has 0 aliphatic carbocycles. The molecule has 0 saturated carbocycles. The highest BCUT2D eigenvalue weighted by Crippen LogP contribution is 2.12. The van der Waals surface area contributed by atoms with Gasteiger partial charge in [0.2, 0.25) is 0 Å². The number of carbonyl (C=O) groups excluding carboxylic acids is 1. The first-order valence-electron chi connectivity index (χ1n) is 7.80. The maximum atomic E-state index is 10.5. The average Bonchev–Trinajstić information content (AvgIpc) is 2.59. The van der Waals surface area contributed by atoms with Crippen molar-refractivity contribution in [1.82, 2.24) is 5.32 Å². The second-order valence-corrected chi connectivity index (χ2v) is 5.37. The number of primary amides is 1. The zero-order valence-corrected chi connectivity index (χ0v) is 14.6. The fourth-order valence-corrected chi connectivity index (χ4v) is 1.76. The minimum absolute atomic E-state index is 0.329. The SMILES string of the molecule is COc1ccc(CC(N)C(=O)O)cc1.NC(=O)NCCCC(N)C(=O)O. The molecule has 9 N–H and O–H groups in total. The summed E-state index contributed by atoms with van der Waals surface area (Å²) in [6.07, 6.45) is 1.17. The van der Waals surface area contributed by atoms with Crippen LogP contribution >= 0.6 is 0 Å². The maximum absolute atomic E-state index is 10.5. The number of benzene rings is 1. The van der Waals surface area contributed by atoms with E-state index in [4.69, 9.17) is 32.2 Å². The van der Waals surface area contributed by atoms with E-state index in [1.165, 1.54) is 0 Å². The number of rotatable bonds is 9. The van der Waals surface area contributed by atoms with Gasteiger partial charge in [-0.2, -0.15) is 0 Å². The molecule has 0 aliphatic heterocycles. The summed E-state index contributed by atoms with van der Waals surface area (Å²) in [4.78, 5) is 30.8. The number of aliphatic carboxylic acids is 2. The monoisotopic (exact) mass is 370 g/mol. The second-order valence-electron chi connectivity index (χ2n) is 5.37. The Morgan fingerprint density at radius 3 is 2.04 bits per heavy atom. The van der Waals surface area contributed by atoms with Gasteiger partial charge in [-0.25, -0.2) is 4.79 Å². The maximum Gasteiger partial charge on any atom is 0.320 e. The third-order valence-corrected chi connectivity index (χ3v) is 3.24. The number of ether oxygens (including phenoxy) is 1. The van der Waals surface area contributed by atoms with Crippen LogP contribution in [0.4, 0.5) is 4.79 Å².